The monoisotopic (exact) mass is 395 g/mol. The zero-order valence-corrected chi connectivity index (χ0v) is 16.0. The fraction of sp³-hybridized carbons (Fsp3) is 0.333. The van der Waals surface area contributed by atoms with E-state index < -0.39 is 0 Å². The highest BCUT2D eigenvalue weighted by Gasteiger charge is 2.31. The molecule has 0 bridgehead atoms. The summed E-state index contributed by atoms with van der Waals surface area (Å²) in [5.74, 6) is 0.662. The van der Waals surface area contributed by atoms with Gasteiger partial charge in [0.15, 0.2) is 0 Å². The van der Waals surface area contributed by atoms with Crippen molar-refractivity contribution in [2.45, 2.75) is 18.9 Å². The third-order valence-corrected chi connectivity index (χ3v) is 6.33. The van der Waals surface area contributed by atoms with Crippen molar-refractivity contribution in [1.29, 1.82) is 0 Å². The molecule has 2 aromatic carbocycles. The summed E-state index contributed by atoms with van der Waals surface area (Å²) in [6.07, 6.45) is 4.70. The van der Waals surface area contributed by atoms with Crippen LogP contribution in [0, 0.1) is 5.92 Å². The first-order valence-electron chi connectivity index (χ1n) is 9.06. The molecule has 2 aliphatic rings. The van der Waals surface area contributed by atoms with Gasteiger partial charge in [-0.2, -0.15) is 0 Å². The minimum Gasteiger partial charge on any atom is -0.376 e. The zero-order chi connectivity index (χ0) is 17.0. The molecule has 1 aromatic heterocycles. The SMILES string of the molecule is CN1CCC(C2Nc3cc(Br)ccc3-n3ccc4cccc2c43)CC1. The second-order valence-corrected chi connectivity index (χ2v) is 8.31. The van der Waals surface area contributed by atoms with E-state index in [0.717, 1.165) is 4.47 Å². The summed E-state index contributed by atoms with van der Waals surface area (Å²) in [7, 11) is 2.23. The number of nitrogens with zero attached hydrogens (tertiary/aromatic N) is 2. The van der Waals surface area contributed by atoms with Crippen molar-refractivity contribution in [3.63, 3.8) is 0 Å². The molecule has 1 fully saturated rings. The molecule has 0 radical (unpaired) electrons. The summed E-state index contributed by atoms with van der Waals surface area (Å²) in [6.45, 7) is 2.37. The second-order valence-electron chi connectivity index (χ2n) is 7.39. The maximum Gasteiger partial charge on any atom is 0.0689 e. The van der Waals surface area contributed by atoms with E-state index in [1.54, 1.807) is 0 Å². The van der Waals surface area contributed by atoms with E-state index in [1.807, 2.05) is 0 Å². The Balaban J connectivity index is 1.71. The van der Waals surface area contributed by atoms with Crippen molar-refractivity contribution < 1.29 is 0 Å². The van der Waals surface area contributed by atoms with E-state index in [2.05, 4.69) is 86.4 Å². The Labute approximate surface area is 156 Å². The van der Waals surface area contributed by atoms with Gasteiger partial charge in [0.1, 0.15) is 0 Å². The molecule has 5 rings (SSSR count). The summed E-state index contributed by atoms with van der Waals surface area (Å²) in [5, 5.41) is 5.24. The third kappa shape index (κ3) is 2.51. The molecule has 3 heterocycles. The average molecular weight is 396 g/mol. The van der Waals surface area contributed by atoms with Crippen molar-refractivity contribution >= 4 is 32.5 Å². The Morgan fingerprint density at radius 3 is 2.76 bits per heavy atom. The van der Waals surface area contributed by atoms with Gasteiger partial charge in [-0.3, -0.25) is 0 Å². The average Bonchev–Trinajstić information content (AvgIpc) is 2.99. The van der Waals surface area contributed by atoms with E-state index in [4.69, 9.17) is 0 Å². The molecular weight excluding hydrogens is 374 g/mol. The highest BCUT2D eigenvalue weighted by molar-refractivity contribution is 9.10. The highest BCUT2D eigenvalue weighted by atomic mass is 79.9. The van der Waals surface area contributed by atoms with Gasteiger partial charge < -0.3 is 14.8 Å². The van der Waals surface area contributed by atoms with Crippen molar-refractivity contribution in [2.24, 2.45) is 5.92 Å². The molecule has 1 unspecified atom stereocenters. The van der Waals surface area contributed by atoms with Crippen molar-refractivity contribution in [1.82, 2.24) is 9.47 Å². The predicted molar refractivity (Wildman–Crippen MR) is 108 cm³/mol. The number of likely N-dealkylation sites (tertiary alicyclic amines) is 1. The van der Waals surface area contributed by atoms with Crippen LogP contribution in [-0.2, 0) is 0 Å². The number of aromatic nitrogens is 1. The summed E-state index contributed by atoms with van der Waals surface area (Å²) in [6, 6.07) is 15.9. The Morgan fingerprint density at radius 1 is 1.08 bits per heavy atom. The lowest BCUT2D eigenvalue weighted by molar-refractivity contribution is 0.205. The number of hydrogen-bond donors (Lipinski definition) is 1. The van der Waals surface area contributed by atoms with E-state index in [0.29, 0.717) is 12.0 Å². The summed E-state index contributed by atoms with van der Waals surface area (Å²) >= 11 is 3.65. The fourth-order valence-corrected chi connectivity index (χ4v) is 4.85. The van der Waals surface area contributed by atoms with Gasteiger partial charge in [0.2, 0.25) is 0 Å². The predicted octanol–water partition coefficient (Wildman–Crippen LogP) is 5.20. The first kappa shape index (κ1) is 15.5. The minimum absolute atomic E-state index is 0.363. The van der Waals surface area contributed by atoms with E-state index in [1.165, 1.54) is 53.8 Å². The number of nitrogens with one attached hydrogen (secondary N) is 1. The van der Waals surface area contributed by atoms with Gasteiger partial charge >= 0.3 is 0 Å². The van der Waals surface area contributed by atoms with Crippen LogP contribution in [0.15, 0.2) is 53.1 Å². The Bertz CT molecular complexity index is 937. The van der Waals surface area contributed by atoms with Gasteiger partial charge in [0.05, 0.1) is 22.9 Å². The molecule has 1 N–H and O–H groups in total. The molecule has 0 amide bonds. The fourth-order valence-electron chi connectivity index (χ4n) is 4.49. The van der Waals surface area contributed by atoms with Crippen LogP contribution >= 0.6 is 15.9 Å². The highest BCUT2D eigenvalue weighted by Crippen LogP contribution is 2.42. The number of benzene rings is 2. The third-order valence-electron chi connectivity index (χ3n) is 5.84. The Kier molecular flexibility index (Phi) is 3.64. The normalized spacial score (nSPS) is 21.0. The van der Waals surface area contributed by atoms with Crippen LogP contribution in [0.5, 0.6) is 0 Å². The van der Waals surface area contributed by atoms with Crippen molar-refractivity contribution in [3.05, 3.63) is 58.7 Å². The molecule has 2 aliphatic heterocycles. The van der Waals surface area contributed by atoms with E-state index in [-0.39, 0.29) is 0 Å². The van der Waals surface area contributed by atoms with Gasteiger partial charge in [-0.1, -0.05) is 34.1 Å². The molecule has 0 spiro atoms. The lowest BCUT2D eigenvalue weighted by Crippen LogP contribution is -2.34. The van der Waals surface area contributed by atoms with Crippen LogP contribution < -0.4 is 5.32 Å². The number of hydrogen-bond acceptors (Lipinski definition) is 2. The molecule has 0 aliphatic carbocycles. The maximum atomic E-state index is 3.91. The van der Waals surface area contributed by atoms with Crippen LogP contribution in [-0.4, -0.2) is 29.6 Å². The molecule has 3 aromatic rings. The van der Waals surface area contributed by atoms with Crippen LogP contribution in [0.2, 0.25) is 0 Å². The molecular formula is C21H22BrN3. The molecule has 0 saturated carbocycles. The first-order valence-corrected chi connectivity index (χ1v) is 9.85. The van der Waals surface area contributed by atoms with Crippen LogP contribution in [0.1, 0.15) is 24.4 Å². The van der Waals surface area contributed by atoms with E-state index >= 15 is 0 Å². The summed E-state index contributed by atoms with van der Waals surface area (Å²) in [5.41, 5.74) is 5.25. The molecule has 4 heteroatoms. The smallest absolute Gasteiger partial charge is 0.0689 e. The molecule has 3 nitrogen and oxygen atoms in total. The molecule has 1 atom stereocenters. The second kappa shape index (κ2) is 5.89. The van der Waals surface area contributed by atoms with Gasteiger partial charge in [-0.05, 0) is 68.7 Å². The molecule has 128 valence electrons. The van der Waals surface area contributed by atoms with Gasteiger partial charge in [-0.25, -0.2) is 0 Å². The zero-order valence-electron chi connectivity index (χ0n) is 14.4. The molecule has 1 saturated heterocycles. The van der Waals surface area contributed by atoms with Gasteiger partial charge in [0, 0.05) is 16.1 Å². The number of halogens is 1. The number of rotatable bonds is 1. The maximum absolute atomic E-state index is 3.91. The van der Waals surface area contributed by atoms with Gasteiger partial charge in [0.25, 0.3) is 0 Å². The standard InChI is InChI=1S/C21H22BrN3/c1-24-10-7-14(8-11-24)20-17-4-2-3-15-9-12-25(21(15)17)19-6-5-16(22)13-18(19)23-20/h2-6,9,12-14,20,23H,7-8,10-11H2,1H3. The minimum atomic E-state index is 0.363. The summed E-state index contributed by atoms with van der Waals surface area (Å²) < 4.78 is 3.48. The van der Waals surface area contributed by atoms with Crippen molar-refractivity contribution in [3.8, 4) is 5.69 Å². The van der Waals surface area contributed by atoms with Crippen molar-refractivity contribution in [2.75, 3.05) is 25.5 Å². The number of piperidine rings is 1. The number of anilines is 1. The quantitative estimate of drug-likeness (QED) is 0.610. The number of fused-ring (bicyclic) bond motifs is 2. The van der Waals surface area contributed by atoms with Crippen LogP contribution in [0.3, 0.4) is 0 Å². The van der Waals surface area contributed by atoms with Crippen LogP contribution in [0.4, 0.5) is 5.69 Å². The Hall–Kier alpha value is -1.78. The lowest BCUT2D eigenvalue weighted by Gasteiger charge is -2.35. The lowest BCUT2D eigenvalue weighted by atomic mass is 9.84. The summed E-state index contributed by atoms with van der Waals surface area (Å²) in [4.78, 5) is 2.45. The van der Waals surface area contributed by atoms with Gasteiger partial charge in [-0.15, -0.1) is 0 Å². The first-order chi connectivity index (χ1) is 12.2. The van der Waals surface area contributed by atoms with E-state index in [9.17, 15) is 0 Å². The topological polar surface area (TPSA) is 20.2 Å². The molecule has 25 heavy (non-hydrogen) atoms. The van der Waals surface area contributed by atoms with Crippen LogP contribution in [0.25, 0.3) is 16.6 Å². The largest absolute Gasteiger partial charge is 0.376 e. The number of para-hydroxylation sites is 1. The Morgan fingerprint density at radius 2 is 1.92 bits per heavy atom.